The van der Waals surface area contributed by atoms with Crippen LogP contribution in [0.5, 0.6) is 0 Å². The highest BCUT2D eigenvalue weighted by Gasteiger charge is 2.24. The number of aryl methyl sites for hydroxylation is 1. The van der Waals surface area contributed by atoms with Crippen LogP contribution in [0.4, 0.5) is 0 Å². The maximum absolute atomic E-state index is 5.83. The van der Waals surface area contributed by atoms with Gasteiger partial charge in [0.2, 0.25) is 0 Å². The molecule has 20 heavy (non-hydrogen) atoms. The molecule has 0 bridgehead atoms. The monoisotopic (exact) mass is 311 g/mol. The van der Waals surface area contributed by atoms with Gasteiger partial charge in [-0.3, -0.25) is 9.80 Å². The molecule has 0 saturated carbocycles. The highest BCUT2D eigenvalue weighted by molar-refractivity contribution is 7.80. The van der Waals surface area contributed by atoms with Crippen LogP contribution in [-0.2, 0) is 13.0 Å². The number of thiophene rings is 1. The summed E-state index contributed by atoms with van der Waals surface area (Å²) in [7, 11) is 0. The summed E-state index contributed by atoms with van der Waals surface area (Å²) in [5.41, 5.74) is 5.83. The Kier molecular flexibility index (Phi) is 5.96. The van der Waals surface area contributed by atoms with E-state index >= 15 is 0 Å². The standard InChI is InChI=1S/C15H25N3S2/c1-3-12-5-6-13(20-12)11-17-7-9-18(10-8-17)14(4-2)15(16)19/h5-6,14H,3-4,7-11H2,1-2H3,(H2,16,19). The average Bonchev–Trinajstić information content (AvgIpc) is 2.89. The molecule has 0 amide bonds. The van der Waals surface area contributed by atoms with Crippen LogP contribution < -0.4 is 5.73 Å². The SMILES string of the molecule is CCc1ccc(CN2CCN(C(CC)C(N)=S)CC2)s1. The molecule has 112 valence electrons. The van der Waals surface area contributed by atoms with E-state index in [9.17, 15) is 0 Å². The van der Waals surface area contributed by atoms with E-state index < -0.39 is 0 Å². The molecule has 1 unspecified atom stereocenters. The second-order valence-corrected chi connectivity index (χ2v) is 7.08. The van der Waals surface area contributed by atoms with Crippen molar-refractivity contribution in [2.45, 2.75) is 39.3 Å². The Hall–Kier alpha value is -0.490. The summed E-state index contributed by atoms with van der Waals surface area (Å²) in [6.45, 7) is 9.83. The number of nitrogens with two attached hydrogens (primary N) is 1. The van der Waals surface area contributed by atoms with E-state index in [1.807, 2.05) is 11.3 Å². The number of hydrogen-bond donors (Lipinski definition) is 1. The van der Waals surface area contributed by atoms with Gasteiger partial charge in [0.25, 0.3) is 0 Å². The lowest BCUT2D eigenvalue weighted by Crippen LogP contribution is -2.53. The van der Waals surface area contributed by atoms with E-state index in [0.717, 1.165) is 45.6 Å². The molecule has 0 radical (unpaired) electrons. The van der Waals surface area contributed by atoms with Gasteiger partial charge in [-0.25, -0.2) is 0 Å². The lowest BCUT2D eigenvalue weighted by Gasteiger charge is -2.38. The van der Waals surface area contributed by atoms with E-state index in [1.54, 1.807) is 0 Å². The Morgan fingerprint density at radius 2 is 1.90 bits per heavy atom. The van der Waals surface area contributed by atoms with Gasteiger partial charge in [-0.1, -0.05) is 26.1 Å². The molecule has 1 saturated heterocycles. The molecule has 2 rings (SSSR count). The fourth-order valence-electron chi connectivity index (χ4n) is 2.79. The van der Waals surface area contributed by atoms with Crippen LogP contribution in [0.25, 0.3) is 0 Å². The van der Waals surface area contributed by atoms with Crippen LogP contribution in [0.3, 0.4) is 0 Å². The quantitative estimate of drug-likeness (QED) is 0.818. The molecule has 0 aromatic carbocycles. The van der Waals surface area contributed by atoms with Gasteiger partial charge in [0, 0.05) is 42.5 Å². The molecule has 2 heterocycles. The third-order valence-electron chi connectivity index (χ3n) is 4.01. The Balaban J connectivity index is 1.83. The Bertz CT molecular complexity index is 436. The predicted octanol–water partition coefficient (Wildman–Crippen LogP) is 2.49. The molecule has 1 fully saturated rings. The first-order chi connectivity index (χ1) is 9.63. The van der Waals surface area contributed by atoms with Gasteiger partial charge in [0.15, 0.2) is 0 Å². The predicted molar refractivity (Wildman–Crippen MR) is 91.4 cm³/mol. The van der Waals surface area contributed by atoms with Crippen molar-refractivity contribution in [2.75, 3.05) is 26.2 Å². The van der Waals surface area contributed by atoms with Crippen molar-refractivity contribution < 1.29 is 0 Å². The van der Waals surface area contributed by atoms with E-state index in [0.29, 0.717) is 4.99 Å². The lowest BCUT2D eigenvalue weighted by molar-refractivity contribution is 0.112. The molecule has 0 aliphatic carbocycles. The van der Waals surface area contributed by atoms with E-state index in [2.05, 4.69) is 35.8 Å². The first kappa shape index (κ1) is 15.9. The highest BCUT2D eigenvalue weighted by atomic mass is 32.1. The minimum atomic E-state index is 0.278. The number of thiocarbonyl (C=S) groups is 1. The molecule has 2 N–H and O–H groups in total. The molecule has 1 atom stereocenters. The van der Waals surface area contributed by atoms with Crippen molar-refractivity contribution in [1.29, 1.82) is 0 Å². The summed E-state index contributed by atoms with van der Waals surface area (Å²) < 4.78 is 0. The number of nitrogens with zero attached hydrogens (tertiary/aromatic N) is 2. The van der Waals surface area contributed by atoms with Crippen LogP contribution in [0.15, 0.2) is 12.1 Å². The molecule has 0 spiro atoms. The molecule has 5 heteroatoms. The van der Waals surface area contributed by atoms with Crippen molar-refractivity contribution in [3.05, 3.63) is 21.9 Å². The third kappa shape index (κ3) is 4.01. The molecule has 1 aromatic rings. The summed E-state index contributed by atoms with van der Waals surface area (Å²) in [4.78, 5) is 8.58. The van der Waals surface area contributed by atoms with E-state index in [1.165, 1.54) is 9.75 Å². The van der Waals surface area contributed by atoms with Gasteiger partial charge in [-0.2, -0.15) is 0 Å². The average molecular weight is 312 g/mol. The van der Waals surface area contributed by atoms with Crippen LogP contribution >= 0.6 is 23.6 Å². The van der Waals surface area contributed by atoms with Crippen molar-refractivity contribution in [3.8, 4) is 0 Å². The first-order valence-corrected chi connectivity index (χ1v) is 8.69. The topological polar surface area (TPSA) is 32.5 Å². The zero-order valence-corrected chi connectivity index (χ0v) is 14.1. The van der Waals surface area contributed by atoms with E-state index in [4.69, 9.17) is 18.0 Å². The number of piperazine rings is 1. The Labute approximate surface area is 131 Å². The fraction of sp³-hybridized carbons (Fsp3) is 0.667. The van der Waals surface area contributed by atoms with Crippen molar-refractivity contribution in [3.63, 3.8) is 0 Å². The van der Waals surface area contributed by atoms with Gasteiger partial charge in [-0.05, 0) is 25.0 Å². The summed E-state index contributed by atoms with van der Waals surface area (Å²) in [6, 6.07) is 4.82. The van der Waals surface area contributed by atoms with Crippen LogP contribution in [-0.4, -0.2) is 47.0 Å². The summed E-state index contributed by atoms with van der Waals surface area (Å²) in [5, 5.41) is 0. The van der Waals surface area contributed by atoms with Gasteiger partial charge >= 0.3 is 0 Å². The summed E-state index contributed by atoms with van der Waals surface area (Å²) in [5.74, 6) is 0. The third-order valence-corrected chi connectivity index (χ3v) is 5.49. The van der Waals surface area contributed by atoms with Gasteiger partial charge < -0.3 is 5.73 Å². The zero-order valence-electron chi connectivity index (χ0n) is 12.5. The van der Waals surface area contributed by atoms with E-state index in [-0.39, 0.29) is 6.04 Å². The Morgan fingerprint density at radius 1 is 1.25 bits per heavy atom. The Morgan fingerprint density at radius 3 is 2.40 bits per heavy atom. The zero-order chi connectivity index (χ0) is 14.5. The lowest BCUT2D eigenvalue weighted by atomic mass is 10.1. The second kappa shape index (κ2) is 7.50. The highest BCUT2D eigenvalue weighted by Crippen LogP contribution is 2.20. The van der Waals surface area contributed by atoms with Crippen LogP contribution in [0, 0.1) is 0 Å². The van der Waals surface area contributed by atoms with Gasteiger partial charge in [-0.15, -0.1) is 11.3 Å². The molecular formula is C15H25N3S2. The van der Waals surface area contributed by atoms with Crippen molar-refractivity contribution >= 4 is 28.5 Å². The maximum Gasteiger partial charge on any atom is 0.0901 e. The fourth-order valence-corrected chi connectivity index (χ4v) is 4.11. The maximum atomic E-state index is 5.83. The molecule has 1 aromatic heterocycles. The van der Waals surface area contributed by atoms with Crippen LogP contribution in [0.2, 0.25) is 0 Å². The second-order valence-electron chi connectivity index (χ2n) is 5.36. The number of hydrogen-bond acceptors (Lipinski definition) is 4. The van der Waals surface area contributed by atoms with Crippen molar-refractivity contribution in [1.82, 2.24) is 9.80 Å². The number of rotatable bonds is 6. The summed E-state index contributed by atoms with van der Waals surface area (Å²) in [6.07, 6.45) is 2.16. The smallest absolute Gasteiger partial charge is 0.0901 e. The minimum absolute atomic E-state index is 0.278. The van der Waals surface area contributed by atoms with Crippen molar-refractivity contribution in [2.24, 2.45) is 5.73 Å². The molecule has 3 nitrogen and oxygen atoms in total. The van der Waals surface area contributed by atoms with Crippen LogP contribution in [0.1, 0.15) is 30.0 Å². The van der Waals surface area contributed by atoms with Gasteiger partial charge in [0.1, 0.15) is 0 Å². The largest absolute Gasteiger partial charge is 0.392 e. The first-order valence-electron chi connectivity index (χ1n) is 7.47. The molecule has 1 aliphatic rings. The van der Waals surface area contributed by atoms with Gasteiger partial charge in [0.05, 0.1) is 11.0 Å². The normalized spacial score (nSPS) is 19.1. The molecule has 1 aliphatic heterocycles. The summed E-state index contributed by atoms with van der Waals surface area (Å²) >= 11 is 7.12. The molecular weight excluding hydrogens is 286 g/mol. The minimum Gasteiger partial charge on any atom is -0.392 e.